The summed E-state index contributed by atoms with van der Waals surface area (Å²) in [5, 5.41) is 8.71. The molecular weight excluding hydrogens is 470 g/mol. The number of halogens is 2. The molecule has 1 fully saturated rings. The summed E-state index contributed by atoms with van der Waals surface area (Å²) in [6, 6.07) is 10.8. The van der Waals surface area contributed by atoms with Gasteiger partial charge in [0, 0.05) is 18.4 Å². The first-order chi connectivity index (χ1) is 16.1. The van der Waals surface area contributed by atoms with Gasteiger partial charge in [0.1, 0.15) is 12.0 Å². The lowest BCUT2D eigenvalue weighted by molar-refractivity contribution is -0.0382. The molecule has 1 aliphatic carbocycles. The third-order valence-electron chi connectivity index (χ3n) is 5.80. The first-order valence-corrected chi connectivity index (χ1v) is 11.9. The quantitative estimate of drug-likeness (QED) is 0.469. The van der Waals surface area contributed by atoms with E-state index in [1.807, 2.05) is 12.1 Å². The van der Waals surface area contributed by atoms with Crippen LogP contribution >= 0.6 is 0 Å². The molecule has 3 aromatic rings. The van der Waals surface area contributed by atoms with Crippen molar-refractivity contribution in [2.45, 2.75) is 42.5 Å². The summed E-state index contributed by atoms with van der Waals surface area (Å²) in [6.07, 6.45) is 1.56. The zero-order valence-electron chi connectivity index (χ0n) is 18.1. The smallest absolute Gasteiger partial charge is 0.335 e. The molecule has 0 radical (unpaired) electrons. The fraction of sp³-hybridized carbons (Fsp3) is 0.304. The maximum atomic E-state index is 13.4. The van der Waals surface area contributed by atoms with Crippen LogP contribution in [0.4, 0.5) is 14.5 Å². The van der Waals surface area contributed by atoms with Crippen molar-refractivity contribution in [3.8, 4) is 17.2 Å². The van der Waals surface area contributed by atoms with Crippen LogP contribution in [0.15, 0.2) is 58.2 Å². The molecule has 0 atom stereocenters. The number of nitrogens with one attached hydrogen (secondary N) is 1. The lowest BCUT2D eigenvalue weighted by Crippen LogP contribution is -2.23. The SMILES string of the molecule is COc1cc(C(=O)O)ccc1NS(=O)(=O)c1coc(-c2ccc(C3CCC(F)(F)CC3)cc2)n1. The number of carboxylic acids is 1. The summed E-state index contributed by atoms with van der Waals surface area (Å²) >= 11 is 0. The van der Waals surface area contributed by atoms with E-state index in [9.17, 15) is 22.0 Å². The largest absolute Gasteiger partial charge is 0.495 e. The van der Waals surface area contributed by atoms with Crippen LogP contribution in [0, 0.1) is 0 Å². The highest BCUT2D eigenvalue weighted by Crippen LogP contribution is 2.41. The number of hydrogen-bond donors (Lipinski definition) is 2. The monoisotopic (exact) mass is 492 g/mol. The van der Waals surface area contributed by atoms with Gasteiger partial charge < -0.3 is 14.3 Å². The second kappa shape index (κ2) is 9.05. The molecule has 0 aliphatic heterocycles. The number of carbonyl (C=O) groups is 1. The van der Waals surface area contributed by atoms with Crippen LogP contribution in [-0.4, -0.2) is 37.5 Å². The lowest BCUT2D eigenvalue weighted by Gasteiger charge is -2.28. The van der Waals surface area contributed by atoms with Crippen molar-refractivity contribution in [2.75, 3.05) is 11.8 Å². The Hall–Kier alpha value is -3.47. The van der Waals surface area contributed by atoms with Crippen molar-refractivity contribution in [2.24, 2.45) is 0 Å². The van der Waals surface area contributed by atoms with Crippen molar-refractivity contribution in [3.63, 3.8) is 0 Å². The highest BCUT2D eigenvalue weighted by Gasteiger charge is 2.35. The molecule has 1 aromatic heterocycles. The molecule has 0 bridgehead atoms. The second-order valence-electron chi connectivity index (χ2n) is 8.07. The Morgan fingerprint density at radius 2 is 1.85 bits per heavy atom. The molecule has 1 aliphatic rings. The third kappa shape index (κ3) is 5.04. The summed E-state index contributed by atoms with van der Waals surface area (Å²) in [5.74, 6) is -3.60. The predicted octanol–water partition coefficient (Wildman–Crippen LogP) is 5.14. The minimum Gasteiger partial charge on any atom is -0.495 e. The van der Waals surface area contributed by atoms with Gasteiger partial charge in [0.2, 0.25) is 16.8 Å². The first kappa shape index (κ1) is 23.7. The Kier molecular flexibility index (Phi) is 6.30. The van der Waals surface area contributed by atoms with Gasteiger partial charge in [-0.15, -0.1) is 0 Å². The van der Waals surface area contributed by atoms with Crippen LogP contribution in [0.2, 0.25) is 0 Å². The molecule has 0 amide bonds. The van der Waals surface area contributed by atoms with Gasteiger partial charge in [0.15, 0.2) is 0 Å². The minimum atomic E-state index is -4.16. The standard InChI is InChI=1S/C23H22F2N2O6S/c1-32-19-12-17(22(28)29)6-7-18(19)27-34(30,31)20-13-33-21(26-20)16-4-2-14(3-5-16)15-8-10-23(24,25)11-9-15/h2-7,12-13,15,27H,8-11H2,1H3,(H,28,29). The molecule has 0 saturated heterocycles. The molecule has 4 rings (SSSR count). The third-order valence-corrected chi connectivity index (χ3v) is 7.02. The van der Waals surface area contributed by atoms with E-state index in [1.54, 1.807) is 12.1 Å². The number of anilines is 1. The Labute approximate surface area is 194 Å². The average molecular weight is 493 g/mol. The van der Waals surface area contributed by atoms with E-state index < -0.39 is 21.9 Å². The Balaban J connectivity index is 1.50. The molecule has 0 unspecified atom stereocenters. The second-order valence-corrected chi connectivity index (χ2v) is 9.70. The Morgan fingerprint density at radius 1 is 1.18 bits per heavy atom. The molecule has 11 heteroatoms. The zero-order chi connectivity index (χ0) is 24.5. The van der Waals surface area contributed by atoms with E-state index in [0.717, 1.165) is 11.8 Å². The molecule has 0 spiro atoms. The Morgan fingerprint density at radius 3 is 2.47 bits per heavy atom. The topological polar surface area (TPSA) is 119 Å². The van der Waals surface area contributed by atoms with Crippen LogP contribution in [0.3, 0.4) is 0 Å². The number of carboxylic acid groups (broad SMARTS) is 1. The number of ether oxygens (including phenoxy) is 1. The van der Waals surface area contributed by atoms with Crippen molar-refractivity contribution in [1.29, 1.82) is 0 Å². The van der Waals surface area contributed by atoms with Crippen LogP contribution < -0.4 is 9.46 Å². The maximum absolute atomic E-state index is 13.4. The highest BCUT2D eigenvalue weighted by molar-refractivity contribution is 7.92. The number of hydrogen-bond acceptors (Lipinski definition) is 6. The van der Waals surface area contributed by atoms with Crippen molar-refractivity contribution in [1.82, 2.24) is 4.98 Å². The van der Waals surface area contributed by atoms with Crippen molar-refractivity contribution < 1.29 is 36.3 Å². The molecular formula is C23H22F2N2O6S. The summed E-state index contributed by atoms with van der Waals surface area (Å²) in [6.45, 7) is 0. The van der Waals surface area contributed by atoms with Gasteiger partial charge in [-0.2, -0.15) is 13.4 Å². The molecule has 1 heterocycles. The molecule has 180 valence electrons. The summed E-state index contributed by atoms with van der Waals surface area (Å²) in [7, 11) is -2.87. The molecule has 2 N–H and O–H groups in total. The van der Waals surface area contributed by atoms with Gasteiger partial charge in [0.05, 0.1) is 18.4 Å². The molecule has 34 heavy (non-hydrogen) atoms. The number of benzene rings is 2. The van der Waals surface area contributed by atoms with Crippen LogP contribution in [0.5, 0.6) is 5.75 Å². The normalized spacial score (nSPS) is 16.2. The summed E-state index contributed by atoms with van der Waals surface area (Å²) < 4.78 is 65.1. The minimum absolute atomic E-state index is 0.0308. The van der Waals surface area contributed by atoms with Gasteiger partial charge in [-0.25, -0.2) is 13.6 Å². The van der Waals surface area contributed by atoms with E-state index in [0.29, 0.717) is 18.4 Å². The van der Waals surface area contributed by atoms with Gasteiger partial charge in [-0.1, -0.05) is 12.1 Å². The highest BCUT2D eigenvalue weighted by atomic mass is 32.2. The van der Waals surface area contributed by atoms with Crippen molar-refractivity contribution >= 4 is 21.7 Å². The Bertz CT molecular complexity index is 1300. The molecule has 2 aromatic carbocycles. The first-order valence-electron chi connectivity index (χ1n) is 10.5. The number of sulfonamides is 1. The lowest BCUT2D eigenvalue weighted by atomic mass is 9.82. The van der Waals surface area contributed by atoms with E-state index in [-0.39, 0.29) is 46.7 Å². The fourth-order valence-electron chi connectivity index (χ4n) is 3.89. The number of oxazole rings is 1. The van der Waals surface area contributed by atoms with Gasteiger partial charge in [-0.05, 0) is 54.7 Å². The van der Waals surface area contributed by atoms with Gasteiger partial charge >= 0.3 is 5.97 Å². The molecule has 1 saturated carbocycles. The number of nitrogens with zero attached hydrogens (tertiary/aromatic N) is 1. The number of alkyl halides is 2. The van der Waals surface area contributed by atoms with Crippen molar-refractivity contribution in [3.05, 3.63) is 59.9 Å². The van der Waals surface area contributed by atoms with Gasteiger partial charge in [-0.3, -0.25) is 4.72 Å². The number of rotatable bonds is 7. The van der Waals surface area contributed by atoms with E-state index in [4.69, 9.17) is 14.3 Å². The fourth-order valence-corrected chi connectivity index (χ4v) is 4.83. The van der Waals surface area contributed by atoms with Crippen LogP contribution in [0.25, 0.3) is 11.5 Å². The van der Waals surface area contributed by atoms with Crippen LogP contribution in [0.1, 0.15) is 47.5 Å². The zero-order valence-corrected chi connectivity index (χ0v) is 18.9. The van der Waals surface area contributed by atoms with Crippen LogP contribution in [-0.2, 0) is 10.0 Å². The van der Waals surface area contributed by atoms with E-state index in [2.05, 4.69) is 9.71 Å². The number of methoxy groups -OCH3 is 1. The van der Waals surface area contributed by atoms with E-state index >= 15 is 0 Å². The maximum Gasteiger partial charge on any atom is 0.335 e. The van der Waals surface area contributed by atoms with Gasteiger partial charge in [0.25, 0.3) is 10.0 Å². The molecule has 8 nitrogen and oxygen atoms in total. The summed E-state index contributed by atoms with van der Waals surface area (Å²) in [4.78, 5) is 15.2. The number of aromatic carboxylic acids is 1. The number of aromatic nitrogens is 1. The predicted molar refractivity (Wildman–Crippen MR) is 119 cm³/mol. The van der Waals surface area contributed by atoms with E-state index in [1.165, 1.54) is 25.3 Å². The average Bonchev–Trinajstić information content (AvgIpc) is 3.31. The summed E-state index contributed by atoms with van der Waals surface area (Å²) in [5.41, 5.74) is 1.46.